The SMILES string of the molecule is CCNC(=NCCc1nccn1Cc1ccccc1)NC(C)CC. The molecule has 130 valence electrons. The van der Waals surface area contributed by atoms with Gasteiger partial charge in [-0.25, -0.2) is 4.98 Å². The number of benzene rings is 1. The van der Waals surface area contributed by atoms with E-state index < -0.39 is 0 Å². The lowest BCUT2D eigenvalue weighted by Crippen LogP contribution is -2.42. The minimum Gasteiger partial charge on any atom is -0.357 e. The van der Waals surface area contributed by atoms with Gasteiger partial charge in [-0.15, -0.1) is 0 Å². The molecule has 0 aliphatic rings. The molecular formula is C19H29N5. The second-order valence-corrected chi connectivity index (χ2v) is 5.92. The third kappa shape index (κ3) is 5.72. The summed E-state index contributed by atoms with van der Waals surface area (Å²) in [5.41, 5.74) is 1.28. The van der Waals surface area contributed by atoms with Gasteiger partial charge in [-0.05, 0) is 25.8 Å². The average Bonchev–Trinajstić information content (AvgIpc) is 3.03. The summed E-state index contributed by atoms with van der Waals surface area (Å²) in [5, 5.41) is 6.71. The molecule has 0 aliphatic carbocycles. The minimum atomic E-state index is 0.419. The topological polar surface area (TPSA) is 54.2 Å². The van der Waals surface area contributed by atoms with Gasteiger partial charge in [0.05, 0.1) is 0 Å². The largest absolute Gasteiger partial charge is 0.357 e. The fourth-order valence-electron chi connectivity index (χ4n) is 2.42. The molecule has 5 heteroatoms. The Balaban J connectivity index is 1.94. The summed E-state index contributed by atoms with van der Waals surface area (Å²) in [6.07, 6.45) is 5.81. The molecule has 2 rings (SSSR count). The zero-order valence-corrected chi connectivity index (χ0v) is 15.0. The van der Waals surface area contributed by atoms with Crippen LogP contribution in [0.1, 0.15) is 38.6 Å². The first-order valence-corrected chi connectivity index (χ1v) is 8.81. The number of guanidine groups is 1. The molecule has 24 heavy (non-hydrogen) atoms. The van der Waals surface area contributed by atoms with Gasteiger partial charge in [-0.1, -0.05) is 37.3 Å². The number of nitrogens with one attached hydrogen (secondary N) is 2. The molecule has 2 aromatic rings. The van der Waals surface area contributed by atoms with E-state index in [-0.39, 0.29) is 0 Å². The van der Waals surface area contributed by atoms with Gasteiger partial charge in [0, 0.05) is 44.5 Å². The van der Waals surface area contributed by atoms with Crippen molar-refractivity contribution >= 4 is 5.96 Å². The van der Waals surface area contributed by atoms with Gasteiger partial charge in [-0.2, -0.15) is 0 Å². The molecule has 0 fully saturated rings. The van der Waals surface area contributed by atoms with E-state index >= 15 is 0 Å². The number of aliphatic imine (C=N–C) groups is 1. The summed E-state index contributed by atoms with van der Waals surface area (Å²) in [5.74, 6) is 1.95. The third-order valence-corrected chi connectivity index (χ3v) is 3.94. The molecule has 0 radical (unpaired) electrons. The van der Waals surface area contributed by atoms with Crippen LogP contribution in [-0.4, -0.2) is 34.6 Å². The van der Waals surface area contributed by atoms with E-state index in [4.69, 9.17) is 0 Å². The van der Waals surface area contributed by atoms with E-state index in [9.17, 15) is 0 Å². The predicted octanol–water partition coefficient (Wildman–Crippen LogP) is 2.83. The molecule has 2 N–H and O–H groups in total. The third-order valence-electron chi connectivity index (χ3n) is 3.94. The summed E-state index contributed by atoms with van der Waals surface area (Å²) in [6, 6.07) is 10.9. The molecule has 0 spiro atoms. The predicted molar refractivity (Wildman–Crippen MR) is 100 cm³/mol. The molecular weight excluding hydrogens is 298 g/mol. The Hall–Kier alpha value is -2.30. The first-order chi connectivity index (χ1) is 11.7. The second-order valence-electron chi connectivity index (χ2n) is 5.92. The van der Waals surface area contributed by atoms with Crippen LogP contribution >= 0.6 is 0 Å². The van der Waals surface area contributed by atoms with Crippen molar-refractivity contribution in [1.82, 2.24) is 20.2 Å². The van der Waals surface area contributed by atoms with Crippen LogP contribution in [0.5, 0.6) is 0 Å². The first-order valence-electron chi connectivity index (χ1n) is 8.81. The molecule has 0 bridgehead atoms. The Morgan fingerprint density at radius 2 is 2.04 bits per heavy atom. The van der Waals surface area contributed by atoms with Gasteiger partial charge in [0.25, 0.3) is 0 Å². The second kappa shape index (κ2) is 9.75. The van der Waals surface area contributed by atoms with Crippen LogP contribution in [0.25, 0.3) is 0 Å². The van der Waals surface area contributed by atoms with Crippen molar-refractivity contribution in [3.05, 3.63) is 54.1 Å². The quantitative estimate of drug-likeness (QED) is 0.579. The zero-order chi connectivity index (χ0) is 17.2. The highest BCUT2D eigenvalue weighted by atomic mass is 15.2. The number of hydrogen-bond donors (Lipinski definition) is 2. The van der Waals surface area contributed by atoms with E-state index in [1.165, 1.54) is 5.56 Å². The van der Waals surface area contributed by atoms with Crippen molar-refractivity contribution < 1.29 is 0 Å². The smallest absolute Gasteiger partial charge is 0.191 e. The van der Waals surface area contributed by atoms with Gasteiger partial charge in [0.2, 0.25) is 0 Å². The Labute approximate surface area is 145 Å². The molecule has 1 aromatic carbocycles. The van der Waals surface area contributed by atoms with Crippen LogP contribution in [-0.2, 0) is 13.0 Å². The molecule has 0 saturated carbocycles. The molecule has 1 heterocycles. The first kappa shape index (κ1) is 18.0. The van der Waals surface area contributed by atoms with Gasteiger partial charge in [-0.3, -0.25) is 4.99 Å². The highest BCUT2D eigenvalue weighted by Gasteiger charge is 2.05. The molecule has 1 atom stereocenters. The fourth-order valence-corrected chi connectivity index (χ4v) is 2.42. The Morgan fingerprint density at radius 1 is 1.25 bits per heavy atom. The number of hydrogen-bond acceptors (Lipinski definition) is 2. The number of nitrogens with zero attached hydrogens (tertiary/aromatic N) is 3. The van der Waals surface area contributed by atoms with Gasteiger partial charge >= 0.3 is 0 Å². The Morgan fingerprint density at radius 3 is 2.75 bits per heavy atom. The van der Waals surface area contributed by atoms with E-state index in [1.807, 2.05) is 18.5 Å². The molecule has 5 nitrogen and oxygen atoms in total. The van der Waals surface area contributed by atoms with Crippen molar-refractivity contribution in [2.24, 2.45) is 4.99 Å². The summed E-state index contributed by atoms with van der Waals surface area (Å²) >= 11 is 0. The fraction of sp³-hybridized carbons (Fsp3) is 0.474. The van der Waals surface area contributed by atoms with E-state index in [0.717, 1.165) is 44.3 Å². The van der Waals surface area contributed by atoms with Crippen LogP contribution in [0.15, 0.2) is 47.7 Å². The zero-order valence-electron chi connectivity index (χ0n) is 15.0. The molecule has 0 aliphatic heterocycles. The van der Waals surface area contributed by atoms with E-state index in [1.54, 1.807) is 0 Å². The number of rotatable bonds is 8. The van der Waals surface area contributed by atoms with Crippen LogP contribution in [0.4, 0.5) is 0 Å². The maximum atomic E-state index is 4.67. The number of imidazole rings is 1. The van der Waals surface area contributed by atoms with Crippen molar-refractivity contribution in [2.45, 2.75) is 46.2 Å². The monoisotopic (exact) mass is 327 g/mol. The lowest BCUT2D eigenvalue weighted by molar-refractivity contribution is 0.623. The summed E-state index contributed by atoms with van der Waals surface area (Å²) < 4.78 is 2.19. The molecule has 1 unspecified atom stereocenters. The number of aromatic nitrogens is 2. The Kier molecular flexibility index (Phi) is 7.33. The van der Waals surface area contributed by atoms with Crippen LogP contribution < -0.4 is 10.6 Å². The molecule has 0 amide bonds. The van der Waals surface area contributed by atoms with Crippen molar-refractivity contribution in [2.75, 3.05) is 13.1 Å². The highest BCUT2D eigenvalue weighted by Crippen LogP contribution is 2.06. The maximum Gasteiger partial charge on any atom is 0.191 e. The van der Waals surface area contributed by atoms with Crippen LogP contribution in [0.2, 0.25) is 0 Å². The lowest BCUT2D eigenvalue weighted by Gasteiger charge is -2.16. The standard InChI is InChI=1S/C19H29N5/c1-4-16(3)23-19(20-5-2)22-12-11-18-21-13-14-24(18)15-17-9-7-6-8-10-17/h6-10,13-14,16H,4-5,11-12,15H2,1-3H3,(H2,20,22,23). The summed E-state index contributed by atoms with van der Waals surface area (Å²) in [7, 11) is 0. The normalized spacial score (nSPS) is 12.9. The van der Waals surface area contributed by atoms with Crippen LogP contribution in [0, 0.1) is 0 Å². The van der Waals surface area contributed by atoms with Crippen molar-refractivity contribution in [3.8, 4) is 0 Å². The average molecular weight is 327 g/mol. The summed E-state index contributed by atoms with van der Waals surface area (Å²) in [4.78, 5) is 9.15. The van der Waals surface area contributed by atoms with Crippen molar-refractivity contribution in [3.63, 3.8) is 0 Å². The minimum absolute atomic E-state index is 0.419. The highest BCUT2D eigenvalue weighted by molar-refractivity contribution is 5.80. The molecule has 0 saturated heterocycles. The summed E-state index contributed by atoms with van der Waals surface area (Å²) in [6.45, 7) is 8.86. The van der Waals surface area contributed by atoms with E-state index in [0.29, 0.717) is 6.04 Å². The maximum absolute atomic E-state index is 4.67. The van der Waals surface area contributed by atoms with Gasteiger partial charge in [0.1, 0.15) is 5.82 Å². The Bertz CT molecular complexity index is 618. The van der Waals surface area contributed by atoms with Gasteiger partial charge in [0.15, 0.2) is 5.96 Å². The van der Waals surface area contributed by atoms with Gasteiger partial charge < -0.3 is 15.2 Å². The molecule has 1 aromatic heterocycles. The van der Waals surface area contributed by atoms with E-state index in [2.05, 4.69) is 70.2 Å². The van der Waals surface area contributed by atoms with Crippen molar-refractivity contribution in [1.29, 1.82) is 0 Å². The lowest BCUT2D eigenvalue weighted by atomic mass is 10.2. The van der Waals surface area contributed by atoms with Crippen LogP contribution in [0.3, 0.4) is 0 Å².